The van der Waals surface area contributed by atoms with Crippen LogP contribution in [0.25, 0.3) is 11.3 Å². The van der Waals surface area contributed by atoms with Gasteiger partial charge in [-0.05, 0) is 36.4 Å². The molecule has 0 saturated carbocycles. The Labute approximate surface area is 145 Å². The van der Waals surface area contributed by atoms with Gasteiger partial charge in [-0.2, -0.15) is 0 Å². The number of hydrogen-bond acceptors (Lipinski definition) is 4. The van der Waals surface area contributed by atoms with Crippen molar-refractivity contribution in [2.45, 2.75) is 5.22 Å². The van der Waals surface area contributed by atoms with Gasteiger partial charge in [0, 0.05) is 15.6 Å². The highest BCUT2D eigenvalue weighted by atomic mass is 79.9. The van der Waals surface area contributed by atoms with E-state index < -0.39 is 0 Å². The van der Waals surface area contributed by atoms with Gasteiger partial charge in [0.1, 0.15) is 5.82 Å². The van der Waals surface area contributed by atoms with Crippen molar-refractivity contribution < 1.29 is 13.6 Å². The van der Waals surface area contributed by atoms with Crippen LogP contribution < -0.4 is 0 Å². The Balaban J connectivity index is 1.64. The van der Waals surface area contributed by atoms with Crippen LogP contribution in [0.4, 0.5) is 4.39 Å². The van der Waals surface area contributed by atoms with Crippen molar-refractivity contribution in [2.24, 2.45) is 0 Å². The molecule has 3 aromatic rings. The van der Waals surface area contributed by atoms with Gasteiger partial charge in [0.25, 0.3) is 5.22 Å². The monoisotopic (exact) mass is 391 g/mol. The average Bonchev–Trinajstić information content (AvgIpc) is 3.03. The lowest BCUT2D eigenvalue weighted by Crippen LogP contribution is -2.02. The topological polar surface area (TPSA) is 43.1 Å². The Bertz CT molecular complexity index is 815. The number of carbonyl (C=O) groups excluding carboxylic acids is 1. The van der Waals surface area contributed by atoms with Crippen LogP contribution in [0.5, 0.6) is 0 Å². The molecule has 3 nitrogen and oxygen atoms in total. The highest BCUT2D eigenvalue weighted by molar-refractivity contribution is 9.10. The summed E-state index contributed by atoms with van der Waals surface area (Å²) < 4.78 is 19.5. The fraction of sp³-hybridized carbons (Fsp3) is 0.0588. The highest BCUT2D eigenvalue weighted by Crippen LogP contribution is 2.26. The molecule has 6 heteroatoms. The average molecular weight is 392 g/mol. The number of hydrogen-bond donors (Lipinski definition) is 0. The summed E-state index contributed by atoms with van der Waals surface area (Å²) in [5.41, 5.74) is 1.39. The number of ketones is 1. The molecule has 116 valence electrons. The standard InChI is InChI=1S/C17H11BrFNO2S/c18-13-5-1-12(2-6-13)16-9-20-17(22-16)23-10-15(21)11-3-7-14(19)8-4-11/h1-9H,10H2. The highest BCUT2D eigenvalue weighted by Gasteiger charge is 2.11. The van der Waals surface area contributed by atoms with Crippen molar-refractivity contribution in [1.82, 2.24) is 4.98 Å². The molecule has 0 bridgehead atoms. The van der Waals surface area contributed by atoms with Crippen molar-refractivity contribution in [1.29, 1.82) is 0 Å². The minimum Gasteiger partial charge on any atom is -0.431 e. The molecule has 0 saturated heterocycles. The maximum absolute atomic E-state index is 12.8. The summed E-state index contributed by atoms with van der Waals surface area (Å²) in [7, 11) is 0. The van der Waals surface area contributed by atoms with Crippen molar-refractivity contribution in [3.8, 4) is 11.3 Å². The smallest absolute Gasteiger partial charge is 0.256 e. The molecule has 0 radical (unpaired) electrons. The third-order valence-electron chi connectivity index (χ3n) is 3.11. The molecular weight excluding hydrogens is 381 g/mol. The van der Waals surface area contributed by atoms with Crippen molar-refractivity contribution in [2.75, 3.05) is 5.75 Å². The molecule has 0 unspecified atom stereocenters. The number of rotatable bonds is 5. The number of benzene rings is 2. The minimum absolute atomic E-state index is 0.0987. The second-order valence-corrected chi connectivity index (χ2v) is 6.56. The molecule has 2 aromatic carbocycles. The maximum Gasteiger partial charge on any atom is 0.256 e. The zero-order chi connectivity index (χ0) is 16.2. The van der Waals surface area contributed by atoms with E-state index in [9.17, 15) is 9.18 Å². The molecule has 0 atom stereocenters. The molecular formula is C17H11BrFNO2S. The van der Waals surface area contributed by atoms with Gasteiger partial charge in [-0.3, -0.25) is 4.79 Å². The molecule has 23 heavy (non-hydrogen) atoms. The second-order valence-electron chi connectivity index (χ2n) is 4.72. The van der Waals surface area contributed by atoms with Crippen molar-refractivity contribution in [3.05, 3.63) is 70.6 Å². The van der Waals surface area contributed by atoms with Crippen molar-refractivity contribution >= 4 is 33.5 Å². The quantitative estimate of drug-likeness (QED) is 0.441. The van der Waals surface area contributed by atoms with Crippen LogP contribution in [0.15, 0.2) is 68.8 Å². The van der Waals surface area contributed by atoms with Crippen LogP contribution in [0.1, 0.15) is 10.4 Å². The van der Waals surface area contributed by atoms with Crippen LogP contribution in [-0.4, -0.2) is 16.5 Å². The molecule has 0 aliphatic rings. The maximum atomic E-state index is 12.8. The molecule has 0 fully saturated rings. The molecule has 1 heterocycles. The van der Waals surface area contributed by atoms with Gasteiger partial charge in [-0.1, -0.05) is 39.8 Å². The largest absolute Gasteiger partial charge is 0.431 e. The summed E-state index contributed by atoms with van der Waals surface area (Å²) in [5.74, 6) is 0.375. The third-order valence-corrected chi connectivity index (χ3v) is 4.48. The third kappa shape index (κ3) is 4.09. The molecule has 1 aromatic heterocycles. The number of Topliss-reactive ketones (excluding diaryl/α,β-unsaturated/α-hetero) is 1. The van der Waals surface area contributed by atoms with Gasteiger partial charge in [0.2, 0.25) is 0 Å². The van der Waals surface area contributed by atoms with E-state index >= 15 is 0 Å². The fourth-order valence-electron chi connectivity index (χ4n) is 1.92. The lowest BCUT2D eigenvalue weighted by atomic mass is 10.1. The van der Waals surface area contributed by atoms with Gasteiger partial charge in [-0.25, -0.2) is 9.37 Å². The number of thioether (sulfide) groups is 1. The SMILES string of the molecule is O=C(CSc1ncc(-c2ccc(Br)cc2)o1)c1ccc(F)cc1. The predicted molar refractivity (Wildman–Crippen MR) is 91.1 cm³/mol. The Kier molecular flexibility index (Phi) is 4.93. The summed E-state index contributed by atoms with van der Waals surface area (Å²) in [6, 6.07) is 13.2. The Morgan fingerprint density at radius 3 is 2.52 bits per heavy atom. The van der Waals surface area contributed by atoms with Gasteiger partial charge in [0.05, 0.1) is 11.9 Å². The first-order valence-electron chi connectivity index (χ1n) is 6.75. The van der Waals surface area contributed by atoms with E-state index in [0.29, 0.717) is 16.5 Å². The van der Waals surface area contributed by atoms with E-state index in [1.165, 1.54) is 36.0 Å². The molecule has 0 spiro atoms. The van der Waals surface area contributed by atoms with Crippen LogP contribution in [-0.2, 0) is 0 Å². The van der Waals surface area contributed by atoms with E-state index in [1.54, 1.807) is 6.20 Å². The summed E-state index contributed by atoms with van der Waals surface area (Å²) in [4.78, 5) is 16.2. The van der Waals surface area contributed by atoms with Gasteiger partial charge in [-0.15, -0.1) is 0 Å². The number of halogens is 2. The Morgan fingerprint density at radius 2 is 1.83 bits per heavy atom. The number of nitrogens with zero attached hydrogens (tertiary/aromatic N) is 1. The molecule has 0 N–H and O–H groups in total. The van der Waals surface area contributed by atoms with Gasteiger partial charge < -0.3 is 4.42 Å². The van der Waals surface area contributed by atoms with Crippen LogP contribution >= 0.6 is 27.7 Å². The summed E-state index contributed by atoms with van der Waals surface area (Å²) in [6.07, 6.45) is 1.63. The summed E-state index contributed by atoms with van der Waals surface area (Å²) >= 11 is 4.60. The lowest BCUT2D eigenvalue weighted by molar-refractivity contribution is 0.102. The van der Waals surface area contributed by atoms with Crippen LogP contribution in [0.2, 0.25) is 0 Å². The van der Waals surface area contributed by atoms with Gasteiger partial charge >= 0.3 is 0 Å². The minimum atomic E-state index is -0.360. The number of carbonyl (C=O) groups is 1. The zero-order valence-corrected chi connectivity index (χ0v) is 14.2. The molecule has 0 aliphatic carbocycles. The first-order chi connectivity index (χ1) is 11.1. The summed E-state index contributed by atoms with van der Waals surface area (Å²) in [5, 5.41) is 0.429. The predicted octanol–water partition coefficient (Wildman–Crippen LogP) is 5.22. The molecule has 3 rings (SSSR count). The van der Waals surface area contributed by atoms with Gasteiger partial charge in [0.15, 0.2) is 11.5 Å². The molecule has 0 aliphatic heterocycles. The van der Waals surface area contributed by atoms with E-state index in [4.69, 9.17) is 4.42 Å². The fourth-order valence-corrected chi connectivity index (χ4v) is 2.88. The molecule has 0 amide bonds. The van der Waals surface area contributed by atoms with Crippen LogP contribution in [0, 0.1) is 5.82 Å². The van der Waals surface area contributed by atoms with E-state index in [0.717, 1.165) is 10.0 Å². The Morgan fingerprint density at radius 1 is 1.13 bits per heavy atom. The summed E-state index contributed by atoms with van der Waals surface area (Å²) in [6.45, 7) is 0. The normalized spacial score (nSPS) is 10.7. The van der Waals surface area contributed by atoms with Crippen LogP contribution in [0.3, 0.4) is 0 Å². The second kappa shape index (κ2) is 7.10. The number of oxazole rings is 1. The lowest BCUT2D eigenvalue weighted by Gasteiger charge is -1.99. The Hall–Kier alpha value is -1.92. The van der Waals surface area contributed by atoms with Crippen molar-refractivity contribution in [3.63, 3.8) is 0 Å². The number of aromatic nitrogens is 1. The zero-order valence-electron chi connectivity index (χ0n) is 11.8. The first kappa shape index (κ1) is 16.0. The van der Waals surface area contributed by atoms with E-state index in [2.05, 4.69) is 20.9 Å². The van der Waals surface area contributed by atoms with E-state index in [1.807, 2.05) is 24.3 Å². The first-order valence-corrected chi connectivity index (χ1v) is 8.53. The van der Waals surface area contributed by atoms with E-state index in [-0.39, 0.29) is 17.4 Å².